The van der Waals surface area contributed by atoms with Gasteiger partial charge in [-0.05, 0) is 24.6 Å². The van der Waals surface area contributed by atoms with Crippen LogP contribution in [-0.2, 0) is 6.42 Å². The maximum atomic E-state index is 5.64. The van der Waals surface area contributed by atoms with Crippen LogP contribution in [0.4, 0.5) is 0 Å². The molecule has 1 aromatic heterocycles. The standard InChI is InChI=1S/C13H21N3S/c1-3-16(10-11(2)13(14)17)8-6-12-5-4-7-15-9-12/h4-5,7,9,11H,3,6,8,10H2,1-2H3,(H2,14,17). The largest absolute Gasteiger partial charge is 0.393 e. The Labute approximate surface area is 109 Å². The lowest BCUT2D eigenvalue weighted by Gasteiger charge is -2.23. The molecule has 0 aliphatic heterocycles. The van der Waals surface area contributed by atoms with Gasteiger partial charge in [-0.1, -0.05) is 32.1 Å². The molecule has 0 aliphatic carbocycles. The van der Waals surface area contributed by atoms with E-state index in [1.54, 1.807) is 6.20 Å². The van der Waals surface area contributed by atoms with Crippen LogP contribution in [0.5, 0.6) is 0 Å². The molecule has 1 heterocycles. The second-order valence-electron chi connectivity index (χ2n) is 4.31. The number of pyridine rings is 1. The minimum absolute atomic E-state index is 0.277. The molecular weight excluding hydrogens is 230 g/mol. The average molecular weight is 251 g/mol. The Morgan fingerprint density at radius 2 is 2.35 bits per heavy atom. The van der Waals surface area contributed by atoms with Crippen molar-refractivity contribution < 1.29 is 0 Å². The predicted octanol–water partition coefficient (Wildman–Crippen LogP) is 1.87. The van der Waals surface area contributed by atoms with E-state index in [0.717, 1.165) is 26.1 Å². The van der Waals surface area contributed by atoms with Crippen molar-refractivity contribution >= 4 is 17.2 Å². The number of hydrogen-bond donors (Lipinski definition) is 1. The maximum absolute atomic E-state index is 5.64. The number of nitrogens with two attached hydrogens (primary N) is 1. The highest BCUT2D eigenvalue weighted by Crippen LogP contribution is 2.03. The van der Waals surface area contributed by atoms with Gasteiger partial charge < -0.3 is 10.6 Å². The van der Waals surface area contributed by atoms with Gasteiger partial charge >= 0.3 is 0 Å². The van der Waals surface area contributed by atoms with E-state index in [1.807, 2.05) is 12.3 Å². The molecule has 1 atom stereocenters. The lowest BCUT2D eigenvalue weighted by molar-refractivity contribution is 0.275. The van der Waals surface area contributed by atoms with Gasteiger partial charge in [-0.25, -0.2) is 0 Å². The first-order valence-corrected chi connectivity index (χ1v) is 6.45. The van der Waals surface area contributed by atoms with Gasteiger partial charge in [-0.3, -0.25) is 4.98 Å². The van der Waals surface area contributed by atoms with Crippen molar-refractivity contribution in [1.29, 1.82) is 0 Å². The van der Waals surface area contributed by atoms with E-state index in [2.05, 4.69) is 29.8 Å². The molecule has 1 unspecified atom stereocenters. The van der Waals surface area contributed by atoms with Crippen molar-refractivity contribution in [2.24, 2.45) is 11.7 Å². The van der Waals surface area contributed by atoms with Crippen LogP contribution in [0.15, 0.2) is 24.5 Å². The molecule has 94 valence electrons. The van der Waals surface area contributed by atoms with Gasteiger partial charge in [0.25, 0.3) is 0 Å². The topological polar surface area (TPSA) is 42.2 Å². The molecular formula is C13H21N3S. The van der Waals surface area contributed by atoms with Crippen LogP contribution < -0.4 is 5.73 Å². The summed E-state index contributed by atoms with van der Waals surface area (Å²) < 4.78 is 0. The fraction of sp³-hybridized carbons (Fsp3) is 0.538. The Morgan fingerprint density at radius 1 is 1.59 bits per heavy atom. The number of aromatic nitrogens is 1. The third kappa shape index (κ3) is 5.24. The van der Waals surface area contributed by atoms with E-state index in [9.17, 15) is 0 Å². The van der Waals surface area contributed by atoms with Crippen LogP contribution in [0.1, 0.15) is 19.4 Å². The molecule has 1 aromatic rings. The molecule has 0 bridgehead atoms. The van der Waals surface area contributed by atoms with Crippen LogP contribution in [0.3, 0.4) is 0 Å². The second kappa shape index (κ2) is 7.35. The van der Waals surface area contributed by atoms with Gasteiger partial charge in [-0.2, -0.15) is 0 Å². The van der Waals surface area contributed by atoms with Crippen LogP contribution >= 0.6 is 12.2 Å². The minimum Gasteiger partial charge on any atom is -0.393 e. The van der Waals surface area contributed by atoms with Crippen LogP contribution in [-0.4, -0.2) is 34.5 Å². The van der Waals surface area contributed by atoms with Gasteiger partial charge in [0.05, 0.1) is 4.99 Å². The first-order valence-electron chi connectivity index (χ1n) is 6.04. The summed E-state index contributed by atoms with van der Waals surface area (Å²) in [6.45, 7) is 7.22. The zero-order valence-electron chi connectivity index (χ0n) is 10.6. The Bertz CT molecular complexity index is 340. The van der Waals surface area contributed by atoms with Crippen molar-refractivity contribution in [3.63, 3.8) is 0 Å². The summed E-state index contributed by atoms with van der Waals surface area (Å²) in [7, 11) is 0. The lowest BCUT2D eigenvalue weighted by Crippen LogP contribution is -2.35. The highest BCUT2D eigenvalue weighted by atomic mass is 32.1. The van der Waals surface area contributed by atoms with E-state index >= 15 is 0 Å². The molecule has 0 fully saturated rings. The molecule has 0 aliphatic rings. The molecule has 0 saturated carbocycles. The summed E-state index contributed by atoms with van der Waals surface area (Å²) >= 11 is 5.00. The molecule has 0 aromatic carbocycles. The molecule has 0 spiro atoms. The zero-order valence-corrected chi connectivity index (χ0v) is 11.4. The third-order valence-corrected chi connectivity index (χ3v) is 3.31. The molecule has 0 amide bonds. The first-order chi connectivity index (χ1) is 8.13. The summed E-state index contributed by atoms with van der Waals surface area (Å²) in [6.07, 6.45) is 4.74. The Balaban J connectivity index is 2.40. The van der Waals surface area contributed by atoms with E-state index in [1.165, 1.54) is 5.56 Å². The monoisotopic (exact) mass is 251 g/mol. The number of thiocarbonyl (C=S) groups is 1. The summed E-state index contributed by atoms with van der Waals surface area (Å²) in [5.74, 6) is 0.277. The summed E-state index contributed by atoms with van der Waals surface area (Å²) in [5.41, 5.74) is 6.91. The smallest absolute Gasteiger partial charge is 0.0768 e. The average Bonchev–Trinajstić information content (AvgIpc) is 2.35. The fourth-order valence-electron chi connectivity index (χ4n) is 1.69. The minimum atomic E-state index is 0.277. The third-order valence-electron chi connectivity index (χ3n) is 2.90. The molecule has 0 saturated heterocycles. The molecule has 4 heteroatoms. The number of nitrogens with zero attached hydrogens (tertiary/aromatic N) is 2. The number of hydrogen-bond acceptors (Lipinski definition) is 3. The highest BCUT2D eigenvalue weighted by Gasteiger charge is 2.10. The van der Waals surface area contributed by atoms with Crippen molar-refractivity contribution in [3.8, 4) is 0 Å². The second-order valence-corrected chi connectivity index (χ2v) is 4.78. The van der Waals surface area contributed by atoms with Crippen molar-refractivity contribution in [2.45, 2.75) is 20.3 Å². The number of likely N-dealkylation sites (N-methyl/N-ethyl adjacent to an activating group) is 1. The zero-order chi connectivity index (χ0) is 12.7. The van der Waals surface area contributed by atoms with Gasteiger partial charge in [0.1, 0.15) is 0 Å². The molecule has 17 heavy (non-hydrogen) atoms. The molecule has 2 N–H and O–H groups in total. The van der Waals surface area contributed by atoms with Crippen LogP contribution in [0.2, 0.25) is 0 Å². The Morgan fingerprint density at radius 3 is 2.88 bits per heavy atom. The maximum Gasteiger partial charge on any atom is 0.0768 e. The van der Waals surface area contributed by atoms with Gasteiger partial charge in [0.2, 0.25) is 0 Å². The highest BCUT2D eigenvalue weighted by molar-refractivity contribution is 7.80. The fourth-order valence-corrected chi connectivity index (χ4v) is 1.76. The van der Waals surface area contributed by atoms with Gasteiger partial charge in [0, 0.05) is 31.4 Å². The quantitative estimate of drug-likeness (QED) is 0.751. The Hall–Kier alpha value is -1.00. The predicted molar refractivity (Wildman–Crippen MR) is 76.0 cm³/mol. The number of rotatable bonds is 7. The van der Waals surface area contributed by atoms with Crippen molar-refractivity contribution in [2.75, 3.05) is 19.6 Å². The first kappa shape index (κ1) is 14.1. The van der Waals surface area contributed by atoms with Gasteiger partial charge in [0.15, 0.2) is 0 Å². The molecule has 3 nitrogen and oxygen atoms in total. The molecule has 1 rings (SSSR count). The van der Waals surface area contributed by atoms with E-state index < -0.39 is 0 Å². The summed E-state index contributed by atoms with van der Waals surface area (Å²) in [5, 5.41) is 0. The molecule has 0 radical (unpaired) electrons. The normalized spacial score (nSPS) is 12.6. The van der Waals surface area contributed by atoms with Gasteiger partial charge in [-0.15, -0.1) is 0 Å². The van der Waals surface area contributed by atoms with Crippen LogP contribution in [0.25, 0.3) is 0 Å². The van der Waals surface area contributed by atoms with E-state index in [-0.39, 0.29) is 5.92 Å². The Kier molecular flexibility index (Phi) is 6.08. The SMILES string of the molecule is CCN(CCc1cccnc1)CC(C)C(N)=S. The summed E-state index contributed by atoms with van der Waals surface area (Å²) in [4.78, 5) is 7.09. The van der Waals surface area contributed by atoms with Crippen molar-refractivity contribution in [1.82, 2.24) is 9.88 Å². The lowest BCUT2D eigenvalue weighted by atomic mass is 10.1. The van der Waals surface area contributed by atoms with E-state index in [4.69, 9.17) is 18.0 Å². The van der Waals surface area contributed by atoms with Crippen LogP contribution in [0, 0.1) is 5.92 Å². The van der Waals surface area contributed by atoms with E-state index in [0.29, 0.717) is 4.99 Å². The summed E-state index contributed by atoms with van der Waals surface area (Å²) in [6, 6.07) is 4.08. The van der Waals surface area contributed by atoms with Crippen molar-refractivity contribution in [3.05, 3.63) is 30.1 Å².